The third-order valence-corrected chi connectivity index (χ3v) is 6.75. The van der Waals surface area contributed by atoms with Gasteiger partial charge < -0.3 is 5.32 Å². The minimum absolute atomic E-state index is 0.0924. The minimum Gasteiger partial charge on any atom is -0.309 e. The van der Waals surface area contributed by atoms with Crippen molar-refractivity contribution in [3.63, 3.8) is 0 Å². The molecule has 1 aliphatic rings. The third kappa shape index (κ3) is 3.04. The highest BCUT2D eigenvalue weighted by atomic mass is 32.1. The van der Waals surface area contributed by atoms with Gasteiger partial charge in [0.25, 0.3) is 5.56 Å². The number of carbonyl (C=O) groups excluding carboxylic acids is 1. The van der Waals surface area contributed by atoms with Crippen LogP contribution in [0.5, 0.6) is 0 Å². The Morgan fingerprint density at radius 2 is 2.00 bits per heavy atom. The summed E-state index contributed by atoms with van der Waals surface area (Å²) in [7, 11) is 0. The maximum atomic E-state index is 12.9. The molecule has 0 spiro atoms. The van der Waals surface area contributed by atoms with Crippen LogP contribution in [0.1, 0.15) is 28.1 Å². The fourth-order valence-electron chi connectivity index (χ4n) is 3.99. The Kier molecular flexibility index (Phi) is 4.51. The Labute approximate surface area is 177 Å². The summed E-state index contributed by atoms with van der Waals surface area (Å²) in [6.45, 7) is 3.80. The number of nitrogens with one attached hydrogen (secondary N) is 1. The van der Waals surface area contributed by atoms with Crippen LogP contribution < -0.4 is 10.9 Å². The van der Waals surface area contributed by atoms with Crippen molar-refractivity contribution in [3.8, 4) is 5.69 Å². The summed E-state index contributed by atoms with van der Waals surface area (Å²) in [4.78, 5) is 32.0. The Morgan fingerprint density at radius 3 is 2.80 bits per heavy atom. The fourth-order valence-corrected chi connectivity index (χ4v) is 4.97. The third-order valence-electron chi connectivity index (χ3n) is 5.64. The number of amides is 1. The normalized spacial score (nSPS) is 13.0. The molecule has 1 aromatic carbocycles. The van der Waals surface area contributed by atoms with Crippen LogP contribution in [0, 0.1) is 13.8 Å². The predicted octanol–water partition coefficient (Wildman–Crippen LogP) is 3.39. The van der Waals surface area contributed by atoms with Crippen molar-refractivity contribution in [2.75, 3.05) is 5.32 Å². The van der Waals surface area contributed by atoms with Crippen molar-refractivity contribution in [1.82, 2.24) is 19.3 Å². The molecule has 1 amide bonds. The molecule has 8 heteroatoms. The molecule has 4 aromatic rings. The molecule has 0 fully saturated rings. The summed E-state index contributed by atoms with van der Waals surface area (Å²) in [5.74, 6) is 0.429. The quantitative estimate of drug-likeness (QED) is 0.550. The number of anilines is 1. The van der Waals surface area contributed by atoms with Gasteiger partial charge in [-0.15, -0.1) is 11.3 Å². The van der Waals surface area contributed by atoms with Crippen LogP contribution in [0.15, 0.2) is 41.5 Å². The largest absolute Gasteiger partial charge is 0.309 e. The average Bonchev–Trinajstić information content (AvgIpc) is 3.40. The van der Waals surface area contributed by atoms with E-state index in [1.54, 1.807) is 4.68 Å². The molecule has 1 aliphatic carbocycles. The van der Waals surface area contributed by atoms with Gasteiger partial charge in [-0.2, -0.15) is 5.10 Å². The number of aromatic nitrogens is 4. The lowest BCUT2D eigenvalue weighted by atomic mass is 10.2. The van der Waals surface area contributed by atoms with Crippen LogP contribution in [0.4, 0.5) is 5.82 Å². The molecule has 30 heavy (non-hydrogen) atoms. The Balaban J connectivity index is 1.47. The number of carbonyl (C=O) groups is 1. The second-order valence-corrected chi connectivity index (χ2v) is 8.77. The molecule has 0 unspecified atom stereocenters. The minimum atomic E-state index is -0.269. The number of thiophene rings is 1. The van der Waals surface area contributed by atoms with E-state index in [0.29, 0.717) is 16.0 Å². The van der Waals surface area contributed by atoms with Gasteiger partial charge in [0.15, 0.2) is 0 Å². The molecule has 7 nitrogen and oxygen atoms in total. The van der Waals surface area contributed by atoms with E-state index in [-0.39, 0.29) is 18.0 Å². The van der Waals surface area contributed by atoms with Gasteiger partial charge in [0.2, 0.25) is 5.91 Å². The van der Waals surface area contributed by atoms with Crippen LogP contribution in [-0.2, 0) is 24.2 Å². The van der Waals surface area contributed by atoms with Crippen LogP contribution in [-0.4, -0.2) is 25.2 Å². The highest BCUT2D eigenvalue weighted by molar-refractivity contribution is 7.18. The molecule has 0 aliphatic heterocycles. The van der Waals surface area contributed by atoms with Crippen LogP contribution in [0.2, 0.25) is 0 Å². The molecule has 0 bridgehead atoms. The summed E-state index contributed by atoms with van der Waals surface area (Å²) < 4.78 is 3.17. The van der Waals surface area contributed by atoms with E-state index in [9.17, 15) is 9.59 Å². The molecule has 5 rings (SSSR count). The number of para-hydroxylation sites is 1. The number of hydrogen-bond donors (Lipinski definition) is 1. The molecule has 3 heterocycles. The van der Waals surface area contributed by atoms with E-state index >= 15 is 0 Å². The second-order valence-electron chi connectivity index (χ2n) is 7.56. The topological polar surface area (TPSA) is 81.8 Å². The van der Waals surface area contributed by atoms with E-state index < -0.39 is 0 Å². The van der Waals surface area contributed by atoms with Gasteiger partial charge in [-0.1, -0.05) is 18.2 Å². The lowest BCUT2D eigenvalue weighted by molar-refractivity contribution is -0.116. The molecular formula is C22H21N5O2S. The fraction of sp³-hybridized carbons (Fsp3) is 0.273. The lowest BCUT2D eigenvalue weighted by Gasteiger charge is -2.12. The smallest absolute Gasteiger partial charge is 0.262 e. The van der Waals surface area contributed by atoms with Crippen molar-refractivity contribution in [3.05, 3.63) is 68.7 Å². The zero-order valence-electron chi connectivity index (χ0n) is 16.8. The predicted molar refractivity (Wildman–Crippen MR) is 118 cm³/mol. The van der Waals surface area contributed by atoms with Crippen molar-refractivity contribution in [2.24, 2.45) is 0 Å². The maximum absolute atomic E-state index is 12.9. The highest BCUT2D eigenvalue weighted by Crippen LogP contribution is 2.31. The number of fused-ring (bicyclic) bond motifs is 2. The molecule has 0 atom stereocenters. The number of aryl methyl sites for hydroxylation is 3. The van der Waals surface area contributed by atoms with Gasteiger partial charge in [0, 0.05) is 10.4 Å². The standard InChI is InChI=1S/C22H21N5O2S/c1-13-14(2)30-21-19(13)22(29)26(12-23-21)11-18(28)24-20-16-9-6-10-17(16)25-27(20)15-7-4-3-5-8-15/h3-5,7-8,12H,6,9-11H2,1-2H3,(H,24,28). The molecule has 0 saturated carbocycles. The van der Waals surface area contributed by atoms with Gasteiger partial charge in [-0.05, 0) is 50.8 Å². The first kappa shape index (κ1) is 18.7. The molecule has 1 N–H and O–H groups in total. The number of nitrogens with zero attached hydrogens (tertiary/aromatic N) is 4. The summed E-state index contributed by atoms with van der Waals surface area (Å²) in [5, 5.41) is 8.33. The molecule has 0 radical (unpaired) electrons. The average molecular weight is 420 g/mol. The van der Waals surface area contributed by atoms with Crippen molar-refractivity contribution >= 4 is 33.3 Å². The number of rotatable bonds is 4. The zero-order chi connectivity index (χ0) is 20.8. The van der Waals surface area contributed by atoms with E-state index in [0.717, 1.165) is 46.6 Å². The Morgan fingerprint density at radius 1 is 1.20 bits per heavy atom. The summed E-state index contributed by atoms with van der Waals surface area (Å²) in [6, 6.07) is 9.76. The molecule has 0 saturated heterocycles. The van der Waals surface area contributed by atoms with Crippen molar-refractivity contribution in [1.29, 1.82) is 0 Å². The summed E-state index contributed by atoms with van der Waals surface area (Å²) in [5.41, 5.74) is 3.75. The lowest BCUT2D eigenvalue weighted by Crippen LogP contribution is -2.28. The molecular weight excluding hydrogens is 398 g/mol. The Hall–Kier alpha value is -3.26. The van der Waals surface area contributed by atoms with Crippen molar-refractivity contribution in [2.45, 2.75) is 39.7 Å². The van der Waals surface area contributed by atoms with Gasteiger partial charge in [-0.25, -0.2) is 9.67 Å². The number of hydrogen-bond acceptors (Lipinski definition) is 5. The first-order valence-corrected chi connectivity index (χ1v) is 10.8. The second kappa shape index (κ2) is 7.21. The van der Waals surface area contributed by atoms with Gasteiger partial charge in [-0.3, -0.25) is 14.2 Å². The first-order chi connectivity index (χ1) is 14.5. The van der Waals surface area contributed by atoms with Gasteiger partial charge >= 0.3 is 0 Å². The van der Waals surface area contributed by atoms with Crippen molar-refractivity contribution < 1.29 is 4.79 Å². The molecule has 3 aromatic heterocycles. The van der Waals surface area contributed by atoms with Gasteiger partial charge in [0.1, 0.15) is 17.2 Å². The van der Waals surface area contributed by atoms with Crippen LogP contribution >= 0.6 is 11.3 Å². The summed E-state index contributed by atoms with van der Waals surface area (Å²) >= 11 is 1.50. The summed E-state index contributed by atoms with van der Waals surface area (Å²) in [6.07, 6.45) is 4.29. The van der Waals surface area contributed by atoms with Gasteiger partial charge in [0.05, 0.1) is 23.1 Å². The van der Waals surface area contributed by atoms with Crippen LogP contribution in [0.25, 0.3) is 15.9 Å². The monoisotopic (exact) mass is 419 g/mol. The molecule has 152 valence electrons. The maximum Gasteiger partial charge on any atom is 0.262 e. The van der Waals surface area contributed by atoms with E-state index in [1.807, 2.05) is 44.2 Å². The zero-order valence-corrected chi connectivity index (χ0v) is 17.6. The SMILES string of the molecule is Cc1sc2ncn(CC(=O)Nc3c4c(nn3-c3ccccc3)CCC4)c(=O)c2c1C. The highest BCUT2D eigenvalue weighted by Gasteiger charge is 2.24. The first-order valence-electron chi connectivity index (χ1n) is 9.94. The van der Waals surface area contributed by atoms with Crippen LogP contribution in [0.3, 0.4) is 0 Å². The number of benzene rings is 1. The van der Waals surface area contributed by atoms with E-state index in [4.69, 9.17) is 5.10 Å². The Bertz CT molecular complexity index is 1330. The van der Waals surface area contributed by atoms with E-state index in [2.05, 4.69) is 10.3 Å². The van der Waals surface area contributed by atoms with E-state index in [1.165, 1.54) is 22.2 Å².